The van der Waals surface area contributed by atoms with E-state index in [9.17, 15) is 0 Å². The van der Waals surface area contributed by atoms with E-state index < -0.39 is 0 Å². The second kappa shape index (κ2) is 8.26. The lowest BCUT2D eigenvalue weighted by atomic mass is 10.1. The van der Waals surface area contributed by atoms with Crippen LogP contribution in [0.3, 0.4) is 0 Å². The molecule has 1 saturated heterocycles. The highest BCUT2D eigenvalue weighted by Gasteiger charge is 2.24. The molecule has 166 valence electrons. The molecule has 10 heteroatoms. The van der Waals surface area contributed by atoms with Gasteiger partial charge in [-0.2, -0.15) is 4.98 Å². The van der Waals surface area contributed by atoms with Crippen LogP contribution >= 0.6 is 0 Å². The second-order valence-corrected chi connectivity index (χ2v) is 9.07. The number of fused-ring (bicyclic) bond motifs is 3. The maximum Gasteiger partial charge on any atom is 0.230 e. The Labute approximate surface area is 193 Å². The van der Waals surface area contributed by atoms with E-state index in [0.717, 1.165) is 47.4 Å². The lowest BCUT2D eigenvalue weighted by Gasteiger charge is -2.38. The van der Waals surface area contributed by atoms with Crippen molar-refractivity contribution in [2.45, 2.75) is 44.7 Å². The van der Waals surface area contributed by atoms with E-state index >= 15 is 0 Å². The molecule has 0 bridgehead atoms. The topological polar surface area (TPSA) is 87.9 Å². The van der Waals surface area contributed by atoms with Gasteiger partial charge in [-0.3, -0.25) is 4.98 Å². The summed E-state index contributed by atoms with van der Waals surface area (Å²) in [4.78, 5) is 17.9. The molecule has 2 fully saturated rings. The smallest absolute Gasteiger partial charge is 0.230 e. The molecule has 0 spiro atoms. The largest absolute Gasteiger partial charge is 0.352 e. The van der Waals surface area contributed by atoms with Gasteiger partial charge in [0.2, 0.25) is 5.95 Å². The number of piperazine rings is 1. The Morgan fingerprint density at radius 2 is 1.91 bits per heavy atom. The molecule has 1 aliphatic heterocycles. The molecule has 1 N–H and O–H groups in total. The van der Waals surface area contributed by atoms with Crippen molar-refractivity contribution >= 4 is 47.5 Å². The predicted octanol–water partition coefficient (Wildman–Crippen LogP) is 3.22. The van der Waals surface area contributed by atoms with E-state index in [1.54, 1.807) is 0 Å². The number of hydrogen-bond acceptors (Lipinski definition) is 8. The van der Waals surface area contributed by atoms with Crippen LogP contribution in [0.2, 0.25) is 0 Å². The van der Waals surface area contributed by atoms with Gasteiger partial charge in [-0.15, -0.1) is 10.2 Å². The normalized spacial score (nSPS) is 20.2. The molecule has 1 unspecified atom stereocenters. The summed E-state index contributed by atoms with van der Waals surface area (Å²) in [5, 5.41) is 14.2. The van der Waals surface area contributed by atoms with Crippen molar-refractivity contribution in [2.75, 3.05) is 29.9 Å². The van der Waals surface area contributed by atoms with Gasteiger partial charge < -0.3 is 19.6 Å². The summed E-state index contributed by atoms with van der Waals surface area (Å²) in [6.07, 6.45) is 10.5. The summed E-state index contributed by atoms with van der Waals surface area (Å²) >= 11 is 0. The van der Waals surface area contributed by atoms with Crippen molar-refractivity contribution in [3.05, 3.63) is 36.8 Å². The van der Waals surface area contributed by atoms with Crippen molar-refractivity contribution in [3.8, 4) is 0 Å². The third-order valence-corrected chi connectivity index (χ3v) is 6.93. The summed E-state index contributed by atoms with van der Waals surface area (Å²) < 4.78 is 2.35. The monoisotopic (exact) mass is 439 g/mol. The zero-order valence-corrected chi connectivity index (χ0v) is 18.7. The Morgan fingerprint density at radius 1 is 1.03 bits per heavy atom. The zero-order valence-electron chi connectivity index (χ0n) is 18.7. The Balaban J connectivity index is 1.29. The first kappa shape index (κ1) is 20.3. The van der Waals surface area contributed by atoms with Crippen molar-refractivity contribution in [1.29, 1.82) is 0 Å². The summed E-state index contributed by atoms with van der Waals surface area (Å²) in [6.45, 7) is 4.59. The predicted molar refractivity (Wildman–Crippen MR) is 130 cm³/mol. The Hall–Kier alpha value is -3.27. The third-order valence-electron chi connectivity index (χ3n) is 6.93. The van der Waals surface area contributed by atoms with E-state index in [1.807, 2.05) is 35.5 Å². The molecule has 1 aliphatic carbocycles. The van der Waals surface area contributed by atoms with Gasteiger partial charge >= 0.3 is 0 Å². The van der Waals surface area contributed by atoms with Crippen molar-refractivity contribution in [1.82, 2.24) is 34.5 Å². The zero-order chi connectivity index (χ0) is 22.4. The number of hydrogen-bond donors (Lipinski definition) is 1. The average molecular weight is 439 g/mol. The van der Waals surface area contributed by atoms with Gasteiger partial charge in [-0.1, -0.05) is 12.8 Å². The van der Waals surface area contributed by atoms with Crippen molar-refractivity contribution < 1.29 is 0 Å². The molecule has 1 atom stereocenters. The minimum atomic E-state index is 0.278. The highest BCUT2D eigenvalue weighted by molar-refractivity contribution is 6.06. The lowest BCUT2D eigenvalue weighted by Crippen LogP contribution is -2.51. The standard InChI is InChI=1S/C23H26BN9/c1-15-14-31(10-11-32(15)24)21-7-6-20(29-30-21)27-23-26-12-18-17-8-9-25-13-19(17)33(22(18)28-23)16-4-2-3-5-16/h6-9,12-13,15-16H,2-5,10-11,14H2,1H3,(H,26,27,28,29). The minimum absolute atomic E-state index is 0.278. The van der Waals surface area contributed by atoms with E-state index in [0.29, 0.717) is 17.8 Å². The minimum Gasteiger partial charge on any atom is -0.352 e. The highest BCUT2D eigenvalue weighted by Crippen LogP contribution is 2.37. The third kappa shape index (κ3) is 3.68. The van der Waals surface area contributed by atoms with Gasteiger partial charge in [0.25, 0.3) is 0 Å². The molecule has 4 aromatic rings. The number of aromatic nitrogens is 6. The first-order valence-electron chi connectivity index (χ1n) is 11.6. The van der Waals surface area contributed by atoms with Crippen LogP contribution in [0.1, 0.15) is 38.6 Å². The van der Waals surface area contributed by atoms with Crippen LogP contribution in [0.25, 0.3) is 21.9 Å². The fourth-order valence-corrected chi connectivity index (χ4v) is 5.11. The van der Waals surface area contributed by atoms with Gasteiger partial charge in [0, 0.05) is 54.9 Å². The molecule has 5 heterocycles. The molecule has 33 heavy (non-hydrogen) atoms. The first-order chi connectivity index (χ1) is 16.2. The number of anilines is 3. The number of rotatable bonds is 4. The molecule has 2 radical (unpaired) electrons. The molecule has 1 saturated carbocycles. The highest BCUT2D eigenvalue weighted by atomic mass is 15.3. The van der Waals surface area contributed by atoms with E-state index in [-0.39, 0.29) is 6.04 Å². The van der Waals surface area contributed by atoms with Crippen LogP contribution in [0, 0.1) is 0 Å². The van der Waals surface area contributed by atoms with Gasteiger partial charge in [0.1, 0.15) is 5.65 Å². The fourth-order valence-electron chi connectivity index (χ4n) is 5.11. The second-order valence-electron chi connectivity index (χ2n) is 9.07. The SMILES string of the molecule is [B]N1CCN(c2ccc(Nc3ncc4c5ccncc5n(C5CCCC5)c4n3)nn2)CC1C. The number of nitrogens with one attached hydrogen (secondary N) is 1. The summed E-state index contributed by atoms with van der Waals surface area (Å²) in [5.41, 5.74) is 2.07. The Bertz CT molecular complexity index is 1280. The quantitative estimate of drug-likeness (QED) is 0.485. The van der Waals surface area contributed by atoms with E-state index in [1.165, 1.54) is 25.7 Å². The first-order valence-corrected chi connectivity index (χ1v) is 11.6. The van der Waals surface area contributed by atoms with Gasteiger partial charge in [0.05, 0.1) is 11.7 Å². The molecule has 2 aliphatic rings. The molecule has 9 nitrogen and oxygen atoms in total. The maximum absolute atomic E-state index is 5.98. The van der Waals surface area contributed by atoms with Gasteiger partial charge in [-0.05, 0) is 38.0 Å². The van der Waals surface area contributed by atoms with Crippen LogP contribution in [0.15, 0.2) is 36.8 Å². The molecular formula is C23H26BN9. The van der Waals surface area contributed by atoms with E-state index in [4.69, 9.17) is 13.0 Å². The number of nitrogens with zero attached hydrogens (tertiary/aromatic N) is 8. The Morgan fingerprint density at radius 3 is 2.70 bits per heavy atom. The van der Waals surface area contributed by atoms with Crippen molar-refractivity contribution in [3.63, 3.8) is 0 Å². The van der Waals surface area contributed by atoms with Gasteiger partial charge in [0.15, 0.2) is 19.6 Å². The summed E-state index contributed by atoms with van der Waals surface area (Å²) in [5.74, 6) is 1.99. The molecule has 4 aromatic heterocycles. The molecule has 0 aromatic carbocycles. The fraction of sp³-hybridized carbons (Fsp3) is 0.435. The summed E-state index contributed by atoms with van der Waals surface area (Å²) in [7, 11) is 5.98. The van der Waals surface area contributed by atoms with Crippen LogP contribution in [-0.4, -0.2) is 68.2 Å². The van der Waals surface area contributed by atoms with Crippen molar-refractivity contribution in [2.24, 2.45) is 0 Å². The average Bonchev–Trinajstić information content (AvgIpc) is 3.47. The van der Waals surface area contributed by atoms with Crippen LogP contribution in [0.4, 0.5) is 17.6 Å². The molecule has 6 rings (SSSR count). The van der Waals surface area contributed by atoms with Crippen LogP contribution < -0.4 is 10.2 Å². The van der Waals surface area contributed by atoms with E-state index in [2.05, 4.69) is 47.9 Å². The lowest BCUT2D eigenvalue weighted by molar-refractivity contribution is 0.322. The summed E-state index contributed by atoms with van der Waals surface area (Å²) in [6, 6.07) is 6.68. The van der Waals surface area contributed by atoms with Crippen LogP contribution in [-0.2, 0) is 0 Å². The maximum atomic E-state index is 5.98. The Kier molecular flexibility index (Phi) is 5.09. The molecule has 0 amide bonds. The number of pyridine rings is 1. The molecular weight excluding hydrogens is 413 g/mol. The van der Waals surface area contributed by atoms with Gasteiger partial charge in [-0.25, -0.2) is 4.98 Å². The van der Waals surface area contributed by atoms with Crippen LogP contribution in [0.5, 0.6) is 0 Å².